The molecule has 6 heteroatoms. The molecule has 0 spiro atoms. The minimum atomic E-state index is -0.514. The van der Waals surface area contributed by atoms with E-state index in [1.807, 2.05) is 26.0 Å². The van der Waals surface area contributed by atoms with Gasteiger partial charge in [-0.1, -0.05) is 12.1 Å². The SMILES string of the molecule is CCN(CC)C(=O)c1cccc(NC(=O)COC(=O)c2ccc3c(c2)CCC3)c1. The molecular formula is C23H26N2O4. The van der Waals surface area contributed by atoms with E-state index in [4.69, 9.17) is 4.74 Å². The largest absolute Gasteiger partial charge is 0.452 e. The number of fused-ring (bicyclic) bond motifs is 1. The number of carbonyl (C=O) groups excluding carboxylic acids is 3. The maximum Gasteiger partial charge on any atom is 0.338 e. The van der Waals surface area contributed by atoms with Gasteiger partial charge in [-0.2, -0.15) is 0 Å². The lowest BCUT2D eigenvalue weighted by Crippen LogP contribution is -2.30. The summed E-state index contributed by atoms with van der Waals surface area (Å²) in [7, 11) is 0. The second-order valence-corrected chi connectivity index (χ2v) is 7.02. The van der Waals surface area contributed by atoms with E-state index in [-0.39, 0.29) is 12.5 Å². The highest BCUT2D eigenvalue weighted by atomic mass is 16.5. The summed E-state index contributed by atoms with van der Waals surface area (Å²) in [5, 5.41) is 2.67. The Balaban J connectivity index is 1.56. The van der Waals surface area contributed by atoms with Crippen LogP contribution in [0.3, 0.4) is 0 Å². The van der Waals surface area contributed by atoms with Gasteiger partial charge in [-0.05, 0) is 74.6 Å². The predicted molar refractivity (Wildman–Crippen MR) is 111 cm³/mol. The Kier molecular flexibility index (Phi) is 6.65. The van der Waals surface area contributed by atoms with Crippen molar-refractivity contribution in [2.45, 2.75) is 33.1 Å². The summed E-state index contributed by atoms with van der Waals surface area (Å²) in [6.07, 6.45) is 3.12. The van der Waals surface area contributed by atoms with E-state index < -0.39 is 11.9 Å². The summed E-state index contributed by atoms with van der Waals surface area (Å²) in [6, 6.07) is 12.3. The molecule has 0 fully saturated rings. The van der Waals surface area contributed by atoms with Crippen LogP contribution < -0.4 is 5.32 Å². The van der Waals surface area contributed by atoms with Crippen LogP contribution in [0.15, 0.2) is 42.5 Å². The number of rotatable bonds is 7. The first-order valence-electron chi connectivity index (χ1n) is 10.00. The Morgan fingerprint density at radius 1 is 0.966 bits per heavy atom. The van der Waals surface area contributed by atoms with E-state index >= 15 is 0 Å². The number of hydrogen-bond donors (Lipinski definition) is 1. The summed E-state index contributed by atoms with van der Waals surface area (Å²) in [5.74, 6) is -1.05. The molecule has 1 aliphatic rings. The Labute approximate surface area is 170 Å². The van der Waals surface area contributed by atoms with Crippen molar-refractivity contribution in [3.8, 4) is 0 Å². The lowest BCUT2D eigenvalue weighted by atomic mass is 10.1. The number of esters is 1. The fourth-order valence-electron chi connectivity index (χ4n) is 3.53. The first-order valence-corrected chi connectivity index (χ1v) is 10.00. The van der Waals surface area contributed by atoms with E-state index in [0.717, 1.165) is 19.3 Å². The van der Waals surface area contributed by atoms with Crippen molar-refractivity contribution in [2.75, 3.05) is 25.0 Å². The highest BCUT2D eigenvalue weighted by Crippen LogP contribution is 2.23. The fraction of sp³-hybridized carbons (Fsp3) is 0.348. The molecule has 29 heavy (non-hydrogen) atoms. The minimum Gasteiger partial charge on any atom is -0.452 e. The van der Waals surface area contributed by atoms with Gasteiger partial charge in [0.15, 0.2) is 6.61 Å². The van der Waals surface area contributed by atoms with E-state index in [1.165, 1.54) is 11.1 Å². The van der Waals surface area contributed by atoms with E-state index in [1.54, 1.807) is 35.2 Å². The van der Waals surface area contributed by atoms with Crippen LogP contribution >= 0.6 is 0 Å². The van der Waals surface area contributed by atoms with Gasteiger partial charge in [0.1, 0.15) is 0 Å². The number of ether oxygens (including phenoxy) is 1. The molecule has 6 nitrogen and oxygen atoms in total. The van der Waals surface area contributed by atoms with Gasteiger partial charge in [-0.25, -0.2) is 4.79 Å². The number of nitrogens with one attached hydrogen (secondary N) is 1. The van der Waals surface area contributed by atoms with Crippen LogP contribution in [0, 0.1) is 0 Å². The molecular weight excluding hydrogens is 368 g/mol. The second kappa shape index (κ2) is 9.37. The molecule has 0 aliphatic heterocycles. The van der Waals surface area contributed by atoms with Gasteiger partial charge in [-0.15, -0.1) is 0 Å². The Morgan fingerprint density at radius 3 is 2.48 bits per heavy atom. The summed E-state index contributed by atoms with van der Waals surface area (Å²) < 4.78 is 5.15. The van der Waals surface area contributed by atoms with Gasteiger partial charge in [0.25, 0.3) is 11.8 Å². The zero-order chi connectivity index (χ0) is 20.8. The average molecular weight is 394 g/mol. The standard InChI is InChI=1S/C23H26N2O4/c1-3-25(4-2)22(27)18-9-6-10-20(14-18)24-21(26)15-29-23(28)19-12-11-16-7-5-8-17(16)13-19/h6,9-14H,3-5,7-8,15H2,1-2H3,(H,24,26). The number of amides is 2. The molecule has 0 aromatic heterocycles. The molecule has 0 unspecified atom stereocenters. The summed E-state index contributed by atoms with van der Waals surface area (Å²) in [4.78, 5) is 38.6. The summed E-state index contributed by atoms with van der Waals surface area (Å²) in [6.45, 7) is 4.68. The van der Waals surface area contributed by atoms with Gasteiger partial charge in [0.05, 0.1) is 5.56 Å². The molecule has 2 aromatic rings. The van der Waals surface area contributed by atoms with E-state index in [9.17, 15) is 14.4 Å². The molecule has 2 amide bonds. The van der Waals surface area contributed by atoms with Crippen molar-refractivity contribution in [3.63, 3.8) is 0 Å². The first-order chi connectivity index (χ1) is 14.0. The number of hydrogen-bond acceptors (Lipinski definition) is 4. The van der Waals surface area contributed by atoms with Crippen molar-refractivity contribution in [2.24, 2.45) is 0 Å². The van der Waals surface area contributed by atoms with Crippen LogP contribution in [0.2, 0.25) is 0 Å². The van der Waals surface area contributed by atoms with Crippen molar-refractivity contribution >= 4 is 23.5 Å². The lowest BCUT2D eigenvalue weighted by molar-refractivity contribution is -0.119. The Hall–Kier alpha value is -3.15. The highest BCUT2D eigenvalue weighted by molar-refractivity contribution is 5.98. The molecule has 0 atom stereocenters. The normalized spacial score (nSPS) is 12.2. The first kappa shape index (κ1) is 20.6. The van der Waals surface area contributed by atoms with Crippen LogP contribution in [0.25, 0.3) is 0 Å². The molecule has 0 saturated carbocycles. The Morgan fingerprint density at radius 2 is 1.72 bits per heavy atom. The van der Waals surface area contributed by atoms with Crippen LogP contribution in [0.5, 0.6) is 0 Å². The van der Waals surface area contributed by atoms with Gasteiger partial charge >= 0.3 is 5.97 Å². The van der Waals surface area contributed by atoms with Gasteiger partial charge < -0.3 is 15.0 Å². The molecule has 1 aliphatic carbocycles. The van der Waals surface area contributed by atoms with Crippen LogP contribution in [-0.2, 0) is 22.4 Å². The second-order valence-electron chi connectivity index (χ2n) is 7.02. The summed E-state index contributed by atoms with van der Waals surface area (Å²) >= 11 is 0. The maximum absolute atomic E-state index is 12.4. The topological polar surface area (TPSA) is 75.7 Å². The van der Waals surface area contributed by atoms with Gasteiger partial charge in [0.2, 0.25) is 0 Å². The third-order valence-electron chi connectivity index (χ3n) is 5.11. The highest BCUT2D eigenvalue weighted by Gasteiger charge is 2.16. The zero-order valence-electron chi connectivity index (χ0n) is 16.9. The molecule has 1 N–H and O–H groups in total. The average Bonchev–Trinajstić information content (AvgIpc) is 3.21. The summed E-state index contributed by atoms with van der Waals surface area (Å²) in [5.41, 5.74) is 3.91. The van der Waals surface area contributed by atoms with Crippen LogP contribution in [0.4, 0.5) is 5.69 Å². The number of carbonyl (C=O) groups is 3. The third-order valence-corrected chi connectivity index (χ3v) is 5.11. The van der Waals surface area contributed by atoms with Gasteiger partial charge in [0, 0.05) is 24.3 Å². The number of anilines is 1. The zero-order valence-corrected chi connectivity index (χ0v) is 16.9. The molecule has 0 heterocycles. The monoisotopic (exact) mass is 394 g/mol. The van der Waals surface area contributed by atoms with Crippen LogP contribution in [0.1, 0.15) is 52.1 Å². The minimum absolute atomic E-state index is 0.0888. The molecule has 0 bridgehead atoms. The van der Waals surface area contributed by atoms with Crippen LogP contribution in [-0.4, -0.2) is 42.4 Å². The molecule has 3 rings (SSSR count). The lowest BCUT2D eigenvalue weighted by Gasteiger charge is -2.19. The quantitative estimate of drug-likeness (QED) is 0.730. The number of aryl methyl sites for hydroxylation is 2. The smallest absolute Gasteiger partial charge is 0.338 e. The van der Waals surface area contributed by atoms with Crippen molar-refractivity contribution < 1.29 is 19.1 Å². The maximum atomic E-state index is 12.4. The number of nitrogens with zero attached hydrogens (tertiary/aromatic N) is 1. The van der Waals surface area contributed by atoms with Crippen molar-refractivity contribution in [3.05, 3.63) is 64.7 Å². The van der Waals surface area contributed by atoms with Gasteiger partial charge in [-0.3, -0.25) is 9.59 Å². The molecule has 0 radical (unpaired) electrons. The Bertz CT molecular complexity index is 919. The molecule has 2 aromatic carbocycles. The molecule has 152 valence electrons. The van der Waals surface area contributed by atoms with Crippen molar-refractivity contribution in [1.29, 1.82) is 0 Å². The predicted octanol–water partition coefficient (Wildman–Crippen LogP) is 3.45. The molecule has 0 saturated heterocycles. The van der Waals surface area contributed by atoms with E-state index in [2.05, 4.69) is 5.32 Å². The van der Waals surface area contributed by atoms with E-state index in [0.29, 0.717) is 29.9 Å². The number of benzene rings is 2. The third kappa shape index (κ3) is 5.02. The van der Waals surface area contributed by atoms with Crippen molar-refractivity contribution in [1.82, 2.24) is 4.90 Å². The fourth-order valence-corrected chi connectivity index (χ4v) is 3.53.